The first-order valence-corrected chi connectivity index (χ1v) is 5.39. The Morgan fingerprint density at radius 2 is 2.33 bits per heavy atom. The number of primary amides is 1. The molecule has 0 aliphatic heterocycles. The Morgan fingerprint density at radius 3 is 2.94 bits per heavy atom. The monoisotopic (exact) mass is 248 g/mol. The lowest BCUT2D eigenvalue weighted by atomic mass is 10.1. The van der Waals surface area contributed by atoms with E-state index in [0.717, 1.165) is 5.56 Å². The Bertz CT molecular complexity index is 579. The summed E-state index contributed by atoms with van der Waals surface area (Å²) in [6.45, 7) is 0.499. The number of carbonyl (C=O) groups is 1. The minimum absolute atomic E-state index is 0.314. The van der Waals surface area contributed by atoms with Crippen LogP contribution in [0.1, 0.15) is 15.9 Å². The highest BCUT2D eigenvalue weighted by atomic mass is 19.1. The van der Waals surface area contributed by atoms with Gasteiger partial charge in [-0.3, -0.25) is 4.79 Å². The first kappa shape index (κ1) is 12.3. The van der Waals surface area contributed by atoms with Gasteiger partial charge in [-0.15, -0.1) is 0 Å². The van der Waals surface area contributed by atoms with Crippen LogP contribution in [0.25, 0.3) is 5.69 Å². The van der Waals surface area contributed by atoms with Crippen LogP contribution in [0, 0.1) is 5.82 Å². The van der Waals surface area contributed by atoms with Gasteiger partial charge in [0.2, 0.25) is 0 Å². The molecule has 1 amide bonds. The molecule has 1 heterocycles. The van der Waals surface area contributed by atoms with Crippen LogP contribution < -0.4 is 11.1 Å². The van der Waals surface area contributed by atoms with E-state index in [1.54, 1.807) is 13.1 Å². The van der Waals surface area contributed by atoms with E-state index in [2.05, 4.69) is 10.4 Å². The van der Waals surface area contributed by atoms with Crippen LogP contribution in [0.2, 0.25) is 0 Å². The molecule has 6 heteroatoms. The molecule has 94 valence electrons. The Morgan fingerprint density at radius 1 is 1.56 bits per heavy atom. The van der Waals surface area contributed by atoms with Crippen molar-refractivity contribution in [3.8, 4) is 5.69 Å². The van der Waals surface area contributed by atoms with Crippen molar-refractivity contribution < 1.29 is 9.18 Å². The van der Waals surface area contributed by atoms with Gasteiger partial charge in [-0.05, 0) is 30.8 Å². The fourth-order valence-corrected chi connectivity index (χ4v) is 1.69. The average Bonchev–Trinajstić information content (AvgIpc) is 2.79. The van der Waals surface area contributed by atoms with E-state index in [9.17, 15) is 9.18 Å². The lowest BCUT2D eigenvalue weighted by molar-refractivity contribution is 0.100. The summed E-state index contributed by atoms with van der Waals surface area (Å²) in [6.07, 6.45) is 2.91. The minimum Gasteiger partial charge on any atom is -0.366 e. The predicted octanol–water partition coefficient (Wildman–Crippen LogP) is 0.830. The normalized spacial score (nSPS) is 10.6. The Hall–Kier alpha value is -2.21. The molecule has 0 saturated heterocycles. The van der Waals surface area contributed by atoms with Crippen LogP contribution in [0.3, 0.4) is 0 Å². The van der Waals surface area contributed by atoms with Gasteiger partial charge >= 0.3 is 0 Å². The third-order valence-corrected chi connectivity index (χ3v) is 2.52. The van der Waals surface area contributed by atoms with Gasteiger partial charge in [0, 0.05) is 12.7 Å². The molecule has 2 aromatic rings. The summed E-state index contributed by atoms with van der Waals surface area (Å²) < 4.78 is 14.7. The number of carbonyl (C=O) groups excluding carboxylic acids is 1. The van der Waals surface area contributed by atoms with Gasteiger partial charge in [0.15, 0.2) is 0 Å². The molecule has 0 aliphatic rings. The summed E-state index contributed by atoms with van der Waals surface area (Å²) in [7, 11) is 1.77. The highest BCUT2D eigenvalue weighted by Crippen LogP contribution is 2.16. The number of nitrogens with one attached hydrogen (secondary N) is 1. The van der Waals surface area contributed by atoms with Crippen LogP contribution in [0.15, 0.2) is 30.6 Å². The van der Waals surface area contributed by atoms with E-state index in [1.807, 2.05) is 0 Å². The van der Waals surface area contributed by atoms with Gasteiger partial charge < -0.3 is 11.1 Å². The maximum atomic E-state index is 13.2. The van der Waals surface area contributed by atoms with Gasteiger partial charge in [0.1, 0.15) is 5.82 Å². The number of hydrogen-bond donors (Lipinski definition) is 2. The third-order valence-electron chi connectivity index (χ3n) is 2.52. The smallest absolute Gasteiger partial charge is 0.251 e. The van der Waals surface area contributed by atoms with Crippen LogP contribution in [0.5, 0.6) is 0 Å². The second kappa shape index (κ2) is 4.97. The van der Waals surface area contributed by atoms with Gasteiger partial charge in [-0.2, -0.15) is 5.10 Å². The Labute approximate surface area is 103 Å². The van der Waals surface area contributed by atoms with E-state index < -0.39 is 5.91 Å². The SMILES string of the molecule is CNCc1cc(F)ccc1-n1cc(C(N)=O)cn1. The Balaban J connectivity index is 2.45. The fraction of sp³-hybridized carbons (Fsp3) is 0.167. The standard InChI is InChI=1S/C12H13FN4O/c1-15-5-8-4-10(13)2-3-11(8)17-7-9(6-16-17)12(14)18/h2-4,6-7,15H,5H2,1H3,(H2,14,18). The fourth-order valence-electron chi connectivity index (χ4n) is 1.69. The number of halogens is 1. The number of nitrogens with two attached hydrogens (primary N) is 1. The molecule has 5 nitrogen and oxygen atoms in total. The molecule has 0 fully saturated rings. The quantitative estimate of drug-likeness (QED) is 0.841. The number of rotatable bonds is 4. The van der Waals surface area contributed by atoms with Crippen molar-refractivity contribution in [1.82, 2.24) is 15.1 Å². The van der Waals surface area contributed by atoms with E-state index in [4.69, 9.17) is 5.73 Å². The number of nitrogens with zero attached hydrogens (tertiary/aromatic N) is 2. The molecule has 1 aromatic carbocycles. The Kier molecular flexibility index (Phi) is 3.38. The first-order valence-electron chi connectivity index (χ1n) is 5.39. The van der Waals surface area contributed by atoms with Crippen LogP contribution in [-0.2, 0) is 6.54 Å². The van der Waals surface area contributed by atoms with E-state index in [-0.39, 0.29) is 5.82 Å². The van der Waals surface area contributed by atoms with E-state index >= 15 is 0 Å². The van der Waals surface area contributed by atoms with Gasteiger partial charge in [0.25, 0.3) is 5.91 Å². The molecular formula is C12H13FN4O. The zero-order valence-electron chi connectivity index (χ0n) is 9.85. The second-order valence-corrected chi connectivity index (χ2v) is 3.84. The summed E-state index contributed by atoms with van der Waals surface area (Å²) in [5.74, 6) is -0.857. The van der Waals surface area contributed by atoms with Gasteiger partial charge in [-0.1, -0.05) is 0 Å². The van der Waals surface area contributed by atoms with Crippen molar-refractivity contribution in [2.24, 2.45) is 5.73 Å². The lowest BCUT2D eigenvalue weighted by Crippen LogP contribution is -2.11. The first-order chi connectivity index (χ1) is 8.61. The average molecular weight is 248 g/mol. The van der Waals surface area contributed by atoms with Crippen molar-refractivity contribution >= 4 is 5.91 Å². The summed E-state index contributed by atoms with van der Waals surface area (Å²) in [4.78, 5) is 11.0. The maximum absolute atomic E-state index is 13.2. The maximum Gasteiger partial charge on any atom is 0.251 e. The second-order valence-electron chi connectivity index (χ2n) is 3.84. The molecule has 18 heavy (non-hydrogen) atoms. The summed E-state index contributed by atoms with van der Waals surface area (Å²) in [5, 5.41) is 7.00. The molecule has 1 aromatic heterocycles. The third kappa shape index (κ3) is 2.38. The van der Waals surface area contributed by atoms with Gasteiger partial charge in [-0.25, -0.2) is 9.07 Å². The molecule has 0 radical (unpaired) electrons. The topological polar surface area (TPSA) is 72.9 Å². The van der Waals surface area contributed by atoms with Crippen molar-refractivity contribution in [3.05, 3.63) is 47.5 Å². The highest BCUT2D eigenvalue weighted by molar-refractivity contribution is 5.92. The molecule has 0 bridgehead atoms. The zero-order chi connectivity index (χ0) is 13.1. The largest absolute Gasteiger partial charge is 0.366 e. The van der Waals surface area contributed by atoms with Gasteiger partial charge in [0.05, 0.1) is 17.4 Å². The highest BCUT2D eigenvalue weighted by Gasteiger charge is 2.09. The van der Waals surface area contributed by atoms with Crippen molar-refractivity contribution in [3.63, 3.8) is 0 Å². The van der Waals surface area contributed by atoms with Crippen molar-refractivity contribution in [2.75, 3.05) is 7.05 Å². The molecule has 3 N–H and O–H groups in total. The molecule has 0 unspecified atom stereocenters. The van der Waals surface area contributed by atoms with Crippen molar-refractivity contribution in [2.45, 2.75) is 6.54 Å². The molecule has 0 saturated carbocycles. The minimum atomic E-state index is -0.543. The van der Waals surface area contributed by atoms with Crippen LogP contribution >= 0.6 is 0 Å². The van der Waals surface area contributed by atoms with Crippen LogP contribution in [0.4, 0.5) is 4.39 Å². The molecule has 0 atom stereocenters. The van der Waals surface area contributed by atoms with E-state index in [0.29, 0.717) is 17.8 Å². The predicted molar refractivity (Wildman–Crippen MR) is 64.8 cm³/mol. The number of amides is 1. The number of aromatic nitrogens is 2. The molecule has 2 rings (SSSR count). The molecular weight excluding hydrogens is 235 g/mol. The molecule has 0 spiro atoms. The number of hydrogen-bond acceptors (Lipinski definition) is 3. The summed E-state index contributed by atoms with van der Waals surface area (Å²) in [5.41, 5.74) is 6.93. The van der Waals surface area contributed by atoms with Crippen LogP contribution in [-0.4, -0.2) is 22.7 Å². The lowest BCUT2D eigenvalue weighted by Gasteiger charge is -2.09. The molecule has 0 aliphatic carbocycles. The zero-order valence-corrected chi connectivity index (χ0v) is 9.85. The van der Waals surface area contributed by atoms with Crippen molar-refractivity contribution in [1.29, 1.82) is 0 Å². The summed E-state index contributed by atoms with van der Waals surface area (Å²) >= 11 is 0. The number of benzene rings is 1. The summed E-state index contributed by atoms with van der Waals surface area (Å²) in [6, 6.07) is 4.39. The van der Waals surface area contributed by atoms with E-state index in [1.165, 1.54) is 29.2 Å².